The minimum atomic E-state index is -0.719. The van der Waals surface area contributed by atoms with Gasteiger partial charge in [0.05, 0.1) is 11.3 Å². The molecule has 0 spiro atoms. The number of amides is 2. The van der Waals surface area contributed by atoms with Gasteiger partial charge < -0.3 is 15.0 Å². The van der Waals surface area contributed by atoms with Crippen LogP contribution < -0.4 is 5.32 Å². The van der Waals surface area contributed by atoms with Crippen LogP contribution in [0.1, 0.15) is 58.6 Å². The van der Waals surface area contributed by atoms with Crippen LogP contribution in [-0.2, 0) is 15.0 Å². The van der Waals surface area contributed by atoms with Crippen LogP contribution in [0.5, 0.6) is 0 Å². The van der Waals surface area contributed by atoms with Crippen LogP contribution in [0.3, 0.4) is 0 Å². The summed E-state index contributed by atoms with van der Waals surface area (Å²) in [6, 6.07) is 27.1. The highest BCUT2D eigenvalue weighted by molar-refractivity contribution is 5.94. The maximum Gasteiger partial charge on any atom is 0.251 e. The van der Waals surface area contributed by atoms with E-state index in [0.717, 1.165) is 35.8 Å². The molecule has 178 valence electrons. The van der Waals surface area contributed by atoms with E-state index in [-0.39, 0.29) is 23.8 Å². The molecular weight excluding hydrogens is 436 g/mol. The van der Waals surface area contributed by atoms with Crippen LogP contribution in [0.25, 0.3) is 0 Å². The second-order valence-corrected chi connectivity index (χ2v) is 9.57. The molecular formula is C30H30N2O3. The van der Waals surface area contributed by atoms with Gasteiger partial charge in [-0.3, -0.25) is 9.59 Å². The molecule has 2 atom stereocenters. The number of nitrogens with zero attached hydrogens (tertiary/aromatic N) is 1. The van der Waals surface area contributed by atoms with Gasteiger partial charge >= 0.3 is 0 Å². The number of hydrogen-bond acceptors (Lipinski definition) is 3. The van der Waals surface area contributed by atoms with Gasteiger partial charge in [-0.25, -0.2) is 0 Å². The third-order valence-corrected chi connectivity index (χ3v) is 7.61. The predicted octanol–water partition coefficient (Wildman–Crippen LogP) is 4.47. The van der Waals surface area contributed by atoms with Crippen molar-refractivity contribution in [3.63, 3.8) is 0 Å². The van der Waals surface area contributed by atoms with Crippen LogP contribution in [-0.4, -0.2) is 42.1 Å². The molecule has 5 rings (SSSR count). The Morgan fingerprint density at radius 1 is 0.829 bits per heavy atom. The number of benzene rings is 3. The summed E-state index contributed by atoms with van der Waals surface area (Å²) in [4.78, 5) is 40.6. The van der Waals surface area contributed by atoms with Crippen molar-refractivity contribution >= 4 is 18.1 Å². The first kappa shape index (κ1) is 23.0. The van der Waals surface area contributed by atoms with Gasteiger partial charge in [0.25, 0.3) is 5.91 Å². The van der Waals surface area contributed by atoms with Gasteiger partial charge in [-0.2, -0.15) is 0 Å². The smallest absolute Gasteiger partial charge is 0.251 e. The highest BCUT2D eigenvalue weighted by Gasteiger charge is 2.44. The maximum absolute atomic E-state index is 13.7. The summed E-state index contributed by atoms with van der Waals surface area (Å²) in [5.74, 6) is -0.195. The first-order valence-electron chi connectivity index (χ1n) is 12.4. The number of rotatable bonds is 5. The van der Waals surface area contributed by atoms with Gasteiger partial charge in [0.2, 0.25) is 5.91 Å². The Morgan fingerprint density at radius 2 is 1.46 bits per heavy atom. The molecule has 35 heavy (non-hydrogen) atoms. The first-order chi connectivity index (χ1) is 17.1. The lowest BCUT2D eigenvalue weighted by molar-refractivity contribution is -0.134. The van der Waals surface area contributed by atoms with Crippen molar-refractivity contribution in [1.29, 1.82) is 0 Å². The third kappa shape index (κ3) is 4.39. The van der Waals surface area contributed by atoms with Crippen molar-refractivity contribution in [2.45, 2.75) is 43.1 Å². The molecule has 0 aromatic heterocycles. The fraction of sp³-hybridized carbons (Fsp3) is 0.300. The van der Waals surface area contributed by atoms with Crippen LogP contribution in [0, 0.1) is 0 Å². The van der Waals surface area contributed by atoms with Crippen molar-refractivity contribution in [1.82, 2.24) is 10.2 Å². The largest absolute Gasteiger partial charge is 0.349 e. The van der Waals surface area contributed by atoms with Gasteiger partial charge in [0.1, 0.15) is 6.29 Å². The number of nitrogens with one attached hydrogen (secondary N) is 1. The fourth-order valence-electron chi connectivity index (χ4n) is 5.67. The van der Waals surface area contributed by atoms with Gasteiger partial charge in [-0.1, -0.05) is 72.8 Å². The van der Waals surface area contributed by atoms with Crippen molar-refractivity contribution in [3.05, 3.63) is 107 Å². The molecule has 1 aliphatic heterocycles. The monoisotopic (exact) mass is 466 g/mol. The topological polar surface area (TPSA) is 66.5 Å². The third-order valence-electron chi connectivity index (χ3n) is 7.61. The van der Waals surface area contributed by atoms with Gasteiger partial charge in [-0.05, 0) is 54.5 Å². The van der Waals surface area contributed by atoms with Crippen molar-refractivity contribution < 1.29 is 14.4 Å². The Balaban J connectivity index is 1.30. The van der Waals surface area contributed by atoms with E-state index in [9.17, 15) is 14.4 Å². The van der Waals surface area contributed by atoms with E-state index in [2.05, 4.69) is 5.32 Å². The summed E-state index contributed by atoms with van der Waals surface area (Å²) in [5.41, 5.74) is 2.81. The molecule has 2 amide bonds. The molecule has 3 aromatic rings. The number of carbonyl (C=O) groups excluding carboxylic acids is 3. The SMILES string of the molecule is O=C[C@]1(c2ccccc2)CC[C@@H](C(=O)N2CCC(NC(=O)c3ccccc3)CC2)c2ccccc21. The molecule has 1 fully saturated rings. The Kier molecular flexibility index (Phi) is 6.49. The molecule has 5 nitrogen and oxygen atoms in total. The zero-order chi connectivity index (χ0) is 24.3. The quantitative estimate of drug-likeness (QED) is 0.564. The summed E-state index contributed by atoms with van der Waals surface area (Å²) in [6.07, 6.45) is 3.77. The summed E-state index contributed by atoms with van der Waals surface area (Å²) < 4.78 is 0. The summed E-state index contributed by atoms with van der Waals surface area (Å²) in [7, 11) is 0. The van der Waals surface area contributed by atoms with Crippen LogP contribution in [0.2, 0.25) is 0 Å². The van der Waals surface area contributed by atoms with Crippen LogP contribution in [0.15, 0.2) is 84.9 Å². The molecule has 0 unspecified atom stereocenters. The average Bonchev–Trinajstić information content (AvgIpc) is 2.93. The maximum atomic E-state index is 13.7. The highest BCUT2D eigenvalue weighted by atomic mass is 16.2. The van der Waals surface area contributed by atoms with E-state index < -0.39 is 5.41 Å². The lowest BCUT2D eigenvalue weighted by Gasteiger charge is -2.41. The Bertz CT molecular complexity index is 1200. The van der Waals surface area contributed by atoms with E-state index in [1.807, 2.05) is 89.8 Å². The number of likely N-dealkylation sites (tertiary alicyclic amines) is 1. The zero-order valence-corrected chi connectivity index (χ0v) is 19.7. The second-order valence-electron chi connectivity index (χ2n) is 9.57. The van der Waals surface area contributed by atoms with E-state index >= 15 is 0 Å². The number of piperidine rings is 1. The van der Waals surface area contributed by atoms with Crippen LogP contribution >= 0.6 is 0 Å². The Morgan fingerprint density at radius 3 is 2.14 bits per heavy atom. The average molecular weight is 467 g/mol. The molecule has 0 radical (unpaired) electrons. The normalized spacial score (nSPS) is 22.2. The zero-order valence-electron chi connectivity index (χ0n) is 19.7. The molecule has 1 saturated heterocycles. The van der Waals surface area contributed by atoms with Crippen molar-refractivity contribution in [3.8, 4) is 0 Å². The Hall–Kier alpha value is -3.73. The van der Waals surface area contributed by atoms with E-state index in [0.29, 0.717) is 31.5 Å². The number of hydrogen-bond donors (Lipinski definition) is 1. The summed E-state index contributed by atoms with van der Waals surface area (Å²) in [6.45, 7) is 1.24. The van der Waals surface area contributed by atoms with Gasteiger partial charge in [-0.15, -0.1) is 0 Å². The van der Waals surface area contributed by atoms with E-state index in [1.54, 1.807) is 0 Å². The van der Waals surface area contributed by atoms with Crippen LogP contribution in [0.4, 0.5) is 0 Å². The molecule has 1 aliphatic carbocycles. The molecule has 1 heterocycles. The molecule has 1 N–H and O–H groups in total. The minimum absolute atomic E-state index is 0.0613. The Labute approximate surface area is 206 Å². The summed E-state index contributed by atoms with van der Waals surface area (Å²) >= 11 is 0. The van der Waals surface area contributed by atoms with Gasteiger partial charge in [0.15, 0.2) is 0 Å². The van der Waals surface area contributed by atoms with Crippen molar-refractivity contribution in [2.24, 2.45) is 0 Å². The van der Waals surface area contributed by atoms with E-state index in [4.69, 9.17) is 0 Å². The molecule has 2 aliphatic rings. The lowest BCUT2D eigenvalue weighted by Crippen LogP contribution is -2.48. The van der Waals surface area contributed by atoms with Gasteiger partial charge in [0, 0.05) is 24.7 Å². The molecule has 0 bridgehead atoms. The summed E-state index contributed by atoms with van der Waals surface area (Å²) in [5, 5.41) is 3.11. The molecule has 5 heteroatoms. The molecule has 0 saturated carbocycles. The lowest BCUT2D eigenvalue weighted by atomic mass is 9.64. The number of fused-ring (bicyclic) bond motifs is 1. The number of aldehydes is 1. The minimum Gasteiger partial charge on any atom is -0.349 e. The standard InChI is InChI=1S/C30H30N2O3/c33-21-30(23-11-5-2-6-12-23)18-15-26(25-13-7-8-14-27(25)30)29(35)32-19-16-24(17-20-32)31-28(34)22-9-3-1-4-10-22/h1-14,21,24,26H,15-20H2,(H,31,34)/t26-,30+/m1/s1. The van der Waals surface area contributed by atoms with Crippen molar-refractivity contribution in [2.75, 3.05) is 13.1 Å². The first-order valence-corrected chi connectivity index (χ1v) is 12.4. The van der Waals surface area contributed by atoms with E-state index in [1.165, 1.54) is 0 Å². The molecule has 3 aromatic carbocycles. The fourth-order valence-corrected chi connectivity index (χ4v) is 5.67. The predicted molar refractivity (Wildman–Crippen MR) is 135 cm³/mol. The second kappa shape index (κ2) is 9.87. The highest BCUT2D eigenvalue weighted by Crippen LogP contribution is 2.46. The number of carbonyl (C=O) groups is 3.